The number of nitro benzene ring substituents is 1. The summed E-state index contributed by atoms with van der Waals surface area (Å²) in [6.45, 7) is 1.32. The summed E-state index contributed by atoms with van der Waals surface area (Å²) in [5.41, 5.74) is 1.72. The van der Waals surface area contributed by atoms with Gasteiger partial charge in [0.2, 0.25) is 0 Å². The van der Waals surface area contributed by atoms with Crippen LogP contribution < -0.4 is 4.90 Å². The van der Waals surface area contributed by atoms with E-state index in [2.05, 4.69) is 0 Å². The number of hydrogen-bond acceptors (Lipinski definition) is 5. The summed E-state index contributed by atoms with van der Waals surface area (Å²) in [5, 5.41) is 11.3. The third-order valence-electron chi connectivity index (χ3n) is 4.43. The van der Waals surface area contributed by atoms with Crippen LogP contribution in [0.3, 0.4) is 0 Å². The second-order valence-electron chi connectivity index (χ2n) is 6.38. The average molecular weight is 355 g/mol. The molecule has 2 aromatic rings. The van der Waals surface area contributed by atoms with Gasteiger partial charge in [-0.2, -0.15) is 0 Å². The maximum absolute atomic E-state index is 12.9. The van der Waals surface area contributed by atoms with Gasteiger partial charge in [-0.25, -0.2) is 0 Å². The highest BCUT2D eigenvalue weighted by atomic mass is 16.6. The van der Waals surface area contributed by atoms with Crippen molar-refractivity contribution in [2.75, 3.05) is 38.7 Å². The zero-order valence-electron chi connectivity index (χ0n) is 14.8. The number of nitro groups is 1. The summed E-state index contributed by atoms with van der Waals surface area (Å²) in [6, 6.07) is 14.3. The molecule has 0 aromatic heterocycles. The molecule has 0 aliphatic carbocycles. The number of ether oxygens (including phenoxy) is 1. The summed E-state index contributed by atoms with van der Waals surface area (Å²) in [5.74, 6) is -0.220. The molecule has 1 saturated heterocycles. The first-order valence-electron chi connectivity index (χ1n) is 8.39. The molecule has 1 atom stereocenters. The van der Waals surface area contributed by atoms with Crippen molar-refractivity contribution in [3.8, 4) is 0 Å². The maximum atomic E-state index is 12.9. The summed E-state index contributed by atoms with van der Waals surface area (Å²) < 4.78 is 5.78. The smallest absolute Gasteiger partial charge is 0.293 e. The highest BCUT2D eigenvalue weighted by molar-refractivity contribution is 5.96. The number of anilines is 1. The van der Waals surface area contributed by atoms with Crippen molar-refractivity contribution in [1.82, 2.24) is 4.90 Å². The Labute approximate surface area is 151 Å². The standard InChI is InChI=1S/C19H21N3O4/c1-20(2)16-9-8-15(12-17(16)22(24)25)19(23)21-10-11-26-18(13-21)14-6-4-3-5-7-14/h3-9,12,18H,10-11,13H2,1-2H3. The first kappa shape index (κ1) is 17.9. The van der Waals surface area contributed by atoms with Crippen molar-refractivity contribution >= 4 is 17.3 Å². The van der Waals surface area contributed by atoms with Crippen LogP contribution in [0.25, 0.3) is 0 Å². The van der Waals surface area contributed by atoms with Crippen LogP contribution in [0.4, 0.5) is 11.4 Å². The molecule has 1 aliphatic heterocycles. The maximum Gasteiger partial charge on any atom is 0.293 e. The number of carbonyl (C=O) groups excluding carboxylic acids is 1. The third kappa shape index (κ3) is 3.67. The van der Waals surface area contributed by atoms with Gasteiger partial charge >= 0.3 is 0 Å². The van der Waals surface area contributed by atoms with Crippen LogP contribution in [0.15, 0.2) is 48.5 Å². The Balaban J connectivity index is 1.82. The van der Waals surface area contributed by atoms with E-state index in [1.807, 2.05) is 30.3 Å². The molecule has 26 heavy (non-hydrogen) atoms. The second-order valence-corrected chi connectivity index (χ2v) is 6.38. The van der Waals surface area contributed by atoms with Crippen molar-refractivity contribution in [2.24, 2.45) is 0 Å². The van der Waals surface area contributed by atoms with E-state index in [-0.39, 0.29) is 17.7 Å². The summed E-state index contributed by atoms with van der Waals surface area (Å²) in [6.07, 6.45) is -0.190. The Kier molecular flexibility index (Phi) is 5.18. The van der Waals surface area contributed by atoms with Crippen LogP contribution in [0.2, 0.25) is 0 Å². The molecular weight excluding hydrogens is 334 g/mol. The van der Waals surface area contributed by atoms with E-state index in [1.54, 1.807) is 36.0 Å². The molecule has 0 N–H and O–H groups in total. The average Bonchev–Trinajstić information content (AvgIpc) is 2.67. The molecule has 3 rings (SSSR count). The number of rotatable bonds is 4. The lowest BCUT2D eigenvalue weighted by Gasteiger charge is -2.33. The van der Waals surface area contributed by atoms with Gasteiger partial charge in [0.05, 0.1) is 18.1 Å². The summed E-state index contributed by atoms with van der Waals surface area (Å²) in [4.78, 5) is 27.1. The van der Waals surface area contributed by atoms with Gasteiger partial charge in [0.1, 0.15) is 11.8 Å². The highest BCUT2D eigenvalue weighted by Crippen LogP contribution is 2.29. The van der Waals surface area contributed by atoms with Gasteiger partial charge in [0, 0.05) is 32.3 Å². The first-order valence-corrected chi connectivity index (χ1v) is 8.39. The van der Waals surface area contributed by atoms with E-state index < -0.39 is 4.92 Å². The Morgan fingerprint density at radius 2 is 1.96 bits per heavy atom. The van der Waals surface area contributed by atoms with Gasteiger partial charge in [-0.15, -0.1) is 0 Å². The van der Waals surface area contributed by atoms with Crippen molar-refractivity contribution < 1.29 is 14.5 Å². The lowest BCUT2D eigenvalue weighted by molar-refractivity contribution is -0.384. The van der Waals surface area contributed by atoms with Crippen molar-refractivity contribution in [3.63, 3.8) is 0 Å². The van der Waals surface area contributed by atoms with Crippen molar-refractivity contribution in [2.45, 2.75) is 6.10 Å². The predicted octanol–water partition coefficient (Wildman–Crippen LogP) is 2.87. The van der Waals surface area contributed by atoms with Gasteiger partial charge < -0.3 is 14.5 Å². The monoisotopic (exact) mass is 355 g/mol. The fourth-order valence-electron chi connectivity index (χ4n) is 3.07. The van der Waals surface area contributed by atoms with E-state index in [9.17, 15) is 14.9 Å². The molecule has 136 valence electrons. The molecule has 1 unspecified atom stereocenters. The topological polar surface area (TPSA) is 75.9 Å². The van der Waals surface area contributed by atoms with Crippen LogP contribution in [0.5, 0.6) is 0 Å². The molecular formula is C19H21N3O4. The minimum atomic E-state index is -0.460. The number of hydrogen-bond donors (Lipinski definition) is 0. The van der Waals surface area contributed by atoms with E-state index in [1.165, 1.54) is 6.07 Å². The lowest BCUT2D eigenvalue weighted by atomic mass is 10.1. The molecule has 0 radical (unpaired) electrons. The van der Waals surface area contributed by atoms with Crippen LogP contribution >= 0.6 is 0 Å². The molecule has 1 amide bonds. The molecule has 0 saturated carbocycles. The minimum absolute atomic E-state index is 0.0753. The van der Waals surface area contributed by atoms with Gasteiger partial charge in [-0.05, 0) is 17.7 Å². The number of morpholine rings is 1. The van der Waals surface area contributed by atoms with E-state index >= 15 is 0 Å². The van der Waals surface area contributed by atoms with Crippen LogP contribution in [0, 0.1) is 10.1 Å². The van der Waals surface area contributed by atoms with Crippen LogP contribution in [-0.2, 0) is 4.74 Å². The van der Waals surface area contributed by atoms with Gasteiger partial charge in [-0.3, -0.25) is 14.9 Å². The largest absolute Gasteiger partial charge is 0.372 e. The quantitative estimate of drug-likeness (QED) is 0.623. The van der Waals surface area contributed by atoms with Gasteiger partial charge in [0.15, 0.2) is 0 Å². The number of amides is 1. The first-order chi connectivity index (χ1) is 12.5. The summed E-state index contributed by atoms with van der Waals surface area (Å²) >= 11 is 0. The summed E-state index contributed by atoms with van der Waals surface area (Å²) in [7, 11) is 3.46. The molecule has 1 aliphatic rings. The number of nitrogens with zero attached hydrogens (tertiary/aromatic N) is 3. The fraction of sp³-hybridized carbons (Fsp3) is 0.316. The molecule has 0 spiro atoms. The number of benzene rings is 2. The Morgan fingerprint density at radius 1 is 1.23 bits per heavy atom. The molecule has 0 bridgehead atoms. The van der Waals surface area contributed by atoms with Crippen LogP contribution in [0.1, 0.15) is 22.0 Å². The molecule has 2 aromatic carbocycles. The molecule has 1 fully saturated rings. The van der Waals surface area contributed by atoms with Gasteiger partial charge in [-0.1, -0.05) is 30.3 Å². The Morgan fingerprint density at radius 3 is 2.62 bits per heavy atom. The number of carbonyl (C=O) groups is 1. The third-order valence-corrected chi connectivity index (χ3v) is 4.43. The van der Waals surface area contributed by atoms with E-state index in [4.69, 9.17) is 4.74 Å². The second kappa shape index (κ2) is 7.53. The minimum Gasteiger partial charge on any atom is -0.372 e. The predicted molar refractivity (Wildman–Crippen MR) is 98.5 cm³/mol. The molecule has 7 nitrogen and oxygen atoms in total. The fourth-order valence-corrected chi connectivity index (χ4v) is 3.07. The molecule has 1 heterocycles. The zero-order valence-corrected chi connectivity index (χ0v) is 14.8. The van der Waals surface area contributed by atoms with Gasteiger partial charge in [0.25, 0.3) is 11.6 Å². The van der Waals surface area contributed by atoms with E-state index in [0.29, 0.717) is 30.9 Å². The zero-order chi connectivity index (χ0) is 18.7. The Hall–Kier alpha value is -2.93. The van der Waals surface area contributed by atoms with Crippen LogP contribution in [-0.4, -0.2) is 49.5 Å². The normalized spacial score (nSPS) is 17.0. The SMILES string of the molecule is CN(C)c1ccc(C(=O)N2CCOC(c3ccccc3)C2)cc1[N+](=O)[O-]. The molecule has 7 heteroatoms. The Bertz CT molecular complexity index is 808. The van der Waals surface area contributed by atoms with Crippen molar-refractivity contribution in [1.29, 1.82) is 0 Å². The van der Waals surface area contributed by atoms with Crippen molar-refractivity contribution in [3.05, 3.63) is 69.8 Å². The lowest BCUT2D eigenvalue weighted by Crippen LogP contribution is -2.42. The highest BCUT2D eigenvalue weighted by Gasteiger charge is 2.27. The van der Waals surface area contributed by atoms with E-state index in [0.717, 1.165) is 5.56 Å².